The number of carbonyl (C=O) groups is 1. The molecule has 0 N–H and O–H groups in total. The average Bonchev–Trinajstić information content (AvgIpc) is 2.06. The minimum absolute atomic E-state index is 0.0828. The highest BCUT2D eigenvalue weighted by Gasteiger charge is 2.31. The molecule has 1 aromatic carbocycles. The number of alkyl halides is 3. The lowest BCUT2D eigenvalue weighted by molar-refractivity contribution is -0.274. The van der Waals surface area contributed by atoms with Gasteiger partial charge in [0, 0.05) is 5.56 Å². The standard InChI is InChI=1S/C8H4BrF3O2/c9-6-3-5(4-13)1-2-7(6)14-8(10,11)12/h1-4H. The number of ether oxygens (including phenoxy) is 1. The van der Waals surface area contributed by atoms with Crippen LogP contribution in [0.1, 0.15) is 10.4 Å². The van der Waals surface area contributed by atoms with Gasteiger partial charge in [-0.1, -0.05) is 0 Å². The Labute approximate surface area is 85.8 Å². The van der Waals surface area contributed by atoms with Gasteiger partial charge in [-0.15, -0.1) is 13.2 Å². The molecule has 0 bridgehead atoms. The summed E-state index contributed by atoms with van der Waals surface area (Å²) in [7, 11) is 0. The lowest BCUT2D eigenvalue weighted by Crippen LogP contribution is -2.17. The van der Waals surface area contributed by atoms with Crippen molar-refractivity contribution >= 4 is 22.2 Å². The number of rotatable bonds is 2. The normalized spacial score (nSPS) is 11.1. The third-order valence-corrected chi connectivity index (χ3v) is 1.94. The zero-order valence-electron chi connectivity index (χ0n) is 6.64. The van der Waals surface area contributed by atoms with Crippen molar-refractivity contribution in [2.45, 2.75) is 6.36 Å². The molecule has 2 nitrogen and oxygen atoms in total. The summed E-state index contributed by atoms with van der Waals surface area (Å²) in [5.74, 6) is -0.372. The summed E-state index contributed by atoms with van der Waals surface area (Å²) < 4.78 is 39.1. The molecule has 6 heteroatoms. The van der Waals surface area contributed by atoms with E-state index in [9.17, 15) is 18.0 Å². The van der Waals surface area contributed by atoms with E-state index < -0.39 is 6.36 Å². The monoisotopic (exact) mass is 268 g/mol. The van der Waals surface area contributed by atoms with Crippen LogP contribution >= 0.6 is 15.9 Å². The Kier molecular flexibility index (Phi) is 3.15. The van der Waals surface area contributed by atoms with Gasteiger partial charge in [0.25, 0.3) is 0 Å². The van der Waals surface area contributed by atoms with Gasteiger partial charge in [0.05, 0.1) is 4.47 Å². The molecule has 1 aromatic rings. The Morgan fingerprint density at radius 3 is 2.43 bits per heavy atom. The van der Waals surface area contributed by atoms with E-state index >= 15 is 0 Å². The van der Waals surface area contributed by atoms with Gasteiger partial charge >= 0.3 is 6.36 Å². The highest BCUT2D eigenvalue weighted by molar-refractivity contribution is 9.10. The molecule has 0 amide bonds. The second-order valence-electron chi connectivity index (χ2n) is 2.36. The highest BCUT2D eigenvalue weighted by Crippen LogP contribution is 2.30. The molecule has 0 aliphatic rings. The first-order valence-corrected chi connectivity index (χ1v) is 4.22. The number of carbonyl (C=O) groups excluding carboxylic acids is 1. The first-order valence-electron chi connectivity index (χ1n) is 3.43. The van der Waals surface area contributed by atoms with E-state index in [0.717, 1.165) is 6.07 Å². The zero-order valence-corrected chi connectivity index (χ0v) is 8.22. The third kappa shape index (κ3) is 3.02. The van der Waals surface area contributed by atoms with Crippen molar-refractivity contribution in [2.75, 3.05) is 0 Å². The maximum absolute atomic E-state index is 11.8. The van der Waals surface area contributed by atoms with Crippen molar-refractivity contribution < 1.29 is 22.7 Å². The van der Waals surface area contributed by atoms with Crippen LogP contribution in [-0.2, 0) is 0 Å². The Morgan fingerprint density at radius 2 is 2.00 bits per heavy atom. The number of benzene rings is 1. The van der Waals surface area contributed by atoms with Crippen molar-refractivity contribution in [3.05, 3.63) is 28.2 Å². The van der Waals surface area contributed by atoms with E-state index in [1.54, 1.807) is 0 Å². The van der Waals surface area contributed by atoms with E-state index in [4.69, 9.17) is 0 Å². The minimum atomic E-state index is -4.73. The van der Waals surface area contributed by atoms with E-state index in [0.29, 0.717) is 6.29 Å². The maximum Gasteiger partial charge on any atom is 0.573 e. The molecular formula is C8H4BrF3O2. The predicted molar refractivity (Wildman–Crippen MR) is 46.2 cm³/mol. The van der Waals surface area contributed by atoms with Crippen molar-refractivity contribution in [1.29, 1.82) is 0 Å². The summed E-state index contributed by atoms with van der Waals surface area (Å²) in [4.78, 5) is 10.3. The molecule has 1 rings (SSSR count). The number of aldehydes is 1. The molecule has 0 unspecified atom stereocenters. The van der Waals surface area contributed by atoms with Crippen molar-refractivity contribution in [1.82, 2.24) is 0 Å². The van der Waals surface area contributed by atoms with Crippen molar-refractivity contribution in [3.63, 3.8) is 0 Å². The first-order chi connectivity index (χ1) is 6.42. The Bertz CT molecular complexity index is 349. The van der Waals surface area contributed by atoms with Crippen LogP contribution in [0.2, 0.25) is 0 Å². The third-order valence-electron chi connectivity index (χ3n) is 1.32. The molecule has 0 aliphatic heterocycles. The molecule has 0 radical (unpaired) electrons. The van der Waals surface area contributed by atoms with E-state index in [1.165, 1.54) is 12.1 Å². The summed E-state index contributed by atoms with van der Waals surface area (Å²) in [6.07, 6.45) is -4.20. The van der Waals surface area contributed by atoms with Crippen molar-refractivity contribution in [3.8, 4) is 5.75 Å². The summed E-state index contributed by atoms with van der Waals surface area (Å²) >= 11 is 2.86. The molecular weight excluding hydrogens is 265 g/mol. The van der Waals surface area contributed by atoms with Crippen LogP contribution in [0.4, 0.5) is 13.2 Å². The fraction of sp³-hybridized carbons (Fsp3) is 0.125. The molecule has 0 atom stereocenters. The summed E-state index contributed by atoms with van der Waals surface area (Å²) in [5, 5.41) is 0. The Morgan fingerprint density at radius 1 is 1.36 bits per heavy atom. The fourth-order valence-corrected chi connectivity index (χ4v) is 1.28. The Balaban J connectivity index is 2.95. The predicted octanol–water partition coefficient (Wildman–Crippen LogP) is 3.16. The first kappa shape index (κ1) is 11.0. The van der Waals surface area contributed by atoms with Gasteiger partial charge in [-0.3, -0.25) is 4.79 Å². The molecule has 0 aromatic heterocycles. The number of hydrogen-bond donors (Lipinski definition) is 0. The van der Waals surface area contributed by atoms with Crippen LogP contribution in [-0.4, -0.2) is 12.6 Å². The molecule has 0 heterocycles. The SMILES string of the molecule is O=Cc1ccc(OC(F)(F)F)c(Br)c1. The zero-order chi connectivity index (χ0) is 10.8. The largest absolute Gasteiger partial charge is 0.573 e. The smallest absolute Gasteiger partial charge is 0.405 e. The van der Waals surface area contributed by atoms with Gasteiger partial charge < -0.3 is 4.74 Å². The van der Waals surface area contributed by atoms with E-state index in [2.05, 4.69) is 20.7 Å². The lowest BCUT2D eigenvalue weighted by atomic mass is 10.2. The molecule has 0 aliphatic carbocycles. The second kappa shape index (κ2) is 4.00. The van der Waals surface area contributed by atoms with Crippen LogP contribution in [0.25, 0.3) is 0 Å². The average molecular weight is 269 g/mol. The molecule has 76 valence electrons. The fourth-order valence-electron chi connectivity index (χ4n) is 0.798. The minimum Gasteiger partial charge on any atom is -0.405 e. The van der Waals surface area contributed by atoms with Crippen LogP contribution in [0.3, 0.4) is 0 Å². The van der Waals surface area contributed by atoms with Gasteiger partial charge in [-0.2, -0.15) is 0 Å². The van der Waals surface area contributed by atoms with Crippen molar-refractivity contribution in [2.24, 2.45) is 0 Å². The quantitative estimate of drug-likeness (QED) is 0.771. The van der Waals surface area contributed by atoms with Crippen LogP contribution in [0.15, 0.2) is 22.7 Å². The van der Waals surface area contributed by atoms with Gasteiger partial charge in [0.2, 0.25) is 0 Å². The van der Waals surface area contributed by atoms with Gasteiger partial charge in [-0.05, 0) is 34.1 Å². The van der Waals surface area contributed by atoms with Crippen LogP contribution in [0.5, 0.6) is 5.75 Å². The second-order valence-corrected chi connectivity index (χ2v) is 3.21. The van der Waals surface area contributed by atoms with Crippen LogP contribution < -0.4 is 4.74 Å². The Hall–Kier alpha value is -1.04. The van der Waals surface area contributed by atoms with Gasteiger partial charge in [0.1, 0.15) is 12.0 Å². The summed E-state index contributed by atoms with van der Waals surface area (Å²) in [6.45, 7) is 0. The number of hydrogen-bond acceptors (Lipinski definition) is 2. The summed E-state index contributed by atoms with van der Waals surface area (Å²) in [6, 6.07) is 3.55. The van der Waals surface area contributed by atoms with Gasteiger partial charge in [0.15, 0.2) is 0 Å². The molecule has 14 heavy (non-hydrogen) atoms. The van der Waals surface area contributed by atoms with E-state index in [-0.39, 0.29) is 15.8 Å². The molecule has 0 spiro atoms. The van der Waals surface area contributed by atoms with E-state index in [1.807, 2.05) is 0 Å². The highest BCUT2D eigenvalue weighted by atomic mass is 79.9. The maximum atomic E-state index is 11.8. The number of halogens is 4. The lowest BCUT2D eigenvalue weighted by Gasteiger charge is -2.10. The molecule has 0 saturated carbocycles. The van der Waals surface area contributed by atoms with Gasteiger partial charge in [-0.25, -0.2) is 0 Å². The summed E-state index contributed by atoms with van der Waals surface area (Å²) in [5.41, 5.74) is 0.270. The molecule has 0 saturated heterocycles. The van der Waals surface area contributed by atoms with Crippen LogP contribution in [0, 0.1) is 0 Å². The topological polar surface area (TPSA) is 26.3 Å². The molecule has 0 fully saturated rings.